The van der Waals surface area contributed by atoms with Crippen molar-refractivity contribution < 1.29 is 9.53 Å². The van der Waals surface area contributed by atoms with Crippen LogP contribution in [0, 0.1) is 0 Å². The number of anilines is 1. The summed E-state index contributed by atoms with van der Waals surface area (Å²) >= 11 is 6.03. The van der Waals surface area contributed by atoms with Gasteiger partial charge in [0.2, 0.25) is 0 Å². The van der Waals surface area contributed by atoms with E-state index >= 15 is 0 Å². The van der Waals surface area contributed by atoms with Gasteiger partial charge in [-0.3, -0.25) is 0 Å². The Kier molecular flexibility index (Phi) is 7.14. The molecule has 3 rings (SSSR count). The molecule has 0 aliphatic rings. The van der Waals surface area contributed by atoms with Gasteiger partial charge in [0, 0.05) is 23.3 Å². The number of carbonyl (C=O) groups excluding carboxylic acids is 1. The highest BCUT2D eigenvalue weighted by atomic mass is 35.5. The smallest absolute Gasteiger partial charge is 0.322 e. The van der Waals surface area contributed by atoms with Gasteiger partial charge in [-0.1, -0.05) is 54.9 Å². The summed E-state index contributed by atoms with van der Waals surface area (Å²) in [4.78, 5) is 14.8. The predicted molar refractivity (Wildman–Crippen MR) is 119 cm³/mol. The summed E-state index contributed by atoms with van der Waals surface area (Å²) in [5.74, 6) is 1.52. The molecule has 2 amide bonds. The van der Waals surface area contributed by atoms with Crippen LogP contribution in [0.1, 0.15) is 25.8 Å². The molecule has 0 heterocycles. The highest BCUT2D eigenvalue weighted by Gasteiger charge is 2.20. The zero-order valence-electron chi connectivity index (χ0n) is 16.6. The van der Waals surface area contributed by atoms with Gasteiger partial charge in [-0.25, -0.2) is 4.79 Å². The van der Waals surface area contributed by atoms with E-state index in [2.05, 4.69) is 12.2 Å². The number of benzene rings is 3. The van der Waals surface area contributed by atoms with Gasteiger partial charge in [-0.05, 0) is 61.4 Å². The first-order valence-electron chi connectivity index (χ1n) is 9.70. The largest absolute Gasteiger partial charge is 0.457 e. The second-order valence-electron chi connectivity index (χ2n) is 6.89. The molecule has 4 nitrogen and oxygen atoms in total. The number of urea groups is 1. The lowest BCUT2D eigenvalue weighted by Crippen LogP contribution is -2.40. The van der Waals surface area contributed by atoms with Crippen molar-refractivity contribution in [3.63, 3.8) is 0 Å². The minimum Gasteiger partial charge on any atom is -0.457 e. The zero-order valence-corrected chi connectivity index (χ0v) is 17.4. The molecular weight excluding hydrogens is 384 g/mol. The number of rotatable bonds is 7. The molecule has 0 fully saturated rings. The van der Waals surface area contributed by atoms with Crippen LogP contribution in [-0.4, -0.2) is 17.0 Å². The number of amides is 2. The normalized spacial score (nSPS) is 11.6. The standard InChI is InChI=1S/C24H25ClN2O2/c1-3-18(2)27(24(28)26-21-11-8-10-20(25)16-21)17-19-9-7-14-23(15-19)29-22-12-5-4-6-13-22/h4-16,18H,3,17H2,1-2H3,(H,26,28). The Morgan fingerprint density at radius 1 is 1.00 bits per heavy atom. The lowest BCUT2D eigenvalue weighted by Gasteiger charge is -2.29. The average Bonchev–Trinajstić information content (AvgIpc) is 2.72. The van der Waals surface area contributed by atoms with E-state index in [-0.39, 0.29) is 12.1 Å². The molecule has 0 spiro atoms. The summed E-state index contributed by atoms with van der Waals surface area (Å²) in [6.45, 7) is 4.59. The summed E-state index contributed by atoms with van der Waals surface area (Å²) < 4.78 is 5.92. The number of hydrogen-bond donors (Lipinski definition) is 1. The molecule has 29 heavy (non-hydrogen) atoms. The van der Waals surface area contributed by atoms with Crippen molar-refractivity contribution in [3.8, 4) is 11.5 Å². The van der Waals surface area contributed by atoms with Gasteiger partial charge in [-0.2, -0.15) is 0 Å². The van der Waals surface area contributed by atoms with E-state index in [1.165, 1.54) is 0 Å². The van der Waals surface area contributed by atoms with Crippen molar-refractivity contribution in [1.29, 1.82) is 0 Å². The number of para-hydroxylation sites is 1. The molecule has 1 N–H and O–H groups in total. The lowest BCUT2D eigenvalue weighted by atomic mass is 10.1. The minimum absolute atomic E-state index is 0.0767. The van der Waals surface area contributed by atoms with E-state index in [4.69, 9.17) is 16.3 Å². The molecule has 5 heteroatoms. The molecule has 3 aromatic rings. The van der Waals surface area contributed by atoms with E-state index in [0.717, 1.165) is 23.5 Å². The maximum absolute atomic E-state index is 12.9. The van der Waals surface area contributed by atoms with Crippen molar-refractivity contribution in [1.82, 2.24) is 4.90 Å². The lowest BCUT2D eigenvalue weighted by molar-refractivity contribution is 0.187. The highest BCUT2D eigenvalue weighted by molar-refractivity contribution is 6.30. The molecule has 0 aliphatic carbocycles. The van der Waals surface area contributed by atoms with E-state index in [9.17, 15) is 4.79 Å². The van der Waals surface area contributed by atoms with Gasteiger partial charge >= 0.3 is 6.03 Å². The molecular formula is C24H25ClN2O2. The third-order valence-corrected chi connectivity index (χ3v) is 4.93. The second-order valence-corrected chi connectivity index (χ2v) is 7.32. The Morgan fingerprint density at radius 2 is 1.72 bits per heavy atom. The fourth-order valence-corrected chi connectivity index (χ4v) is 3.13. The Labute approximate surface area is 177 Å². The Morgan fingerprint density at radius 3 is 2.45 bits per heavy atom. The maximum Gasteiger partial charge on any atom is 0.322 e. The molecule has 0 saturated heterocycles. The first-order valence-corrected chi connectivity index (χ1v) is 10.1. The number of nitrogens with one attached hydrogen (secondary N) is 1. The van der Waals surface area contributed by atoms with Crippen LogP contribution in [0.25, 0.3) is 0 Å². The third kappa shape index (κ3) is 6.00. The SMILES string of the molecule is CCC(C)N(Cc1cccc(Oc2ccccc2)c1)C(=O)Nc1cccc(Cl)c1. The van der Waals surface area contributed by atoms with Crippen molar-refractivity contribution >= 4 is 23.3 Å². The minimum atomic E-state index is -0.156. The van der Waals surface area contributed by atoms with Crippen LogP contribution < -0.4 is 10.1 Å². The molecule has 3 aromatic carbocycles. The van der Waals surface area contributed by atoms with Gasteiger partial charge in [0.25, 0.3) is 0 Å². The Hall–Kier alpha value is -2.98. The van der Waals surface area contributed by atoms with Crippen LogP contribution in [0.5, 0.6) is 11.5 Å². The number of carbonyl (C=O) groups is 1. The molecule has 0 radical (unpaired) electrons. The second kappa shape index (κ2) is 9.99. The quantitative estimate of drug-likeness (QED) is 0.458. The maximum atomic E-state index is 12.9. The predicted octanol–water partition coefficient (Wildman–Crippen LogP) is 6.96. The van der Waals surface area contributed by atoms with Gasteiger partial charge in [-0.15, -0.1) is 0 Å². The molecule has 150 valence electrons. The van der Waals surface area contributed by atoms with E-state index in [0.29, 0.717) is 17.3 Å². The van der Waals surface area contributed by atoms with Crippen molar-refractivity contribution in [2.45, 2.75) is 32.9 Å². The first kappa shape index (κ1) is 20.7. The van der Waals surface area contributed by atoms with E-state index in [1.807, 2.05) is 78.6 Å². The average molecular weight is 409 g/mol. The summed E-state index contributed by atoms with van der Waals surface area (Å²) in [6.07, 6.45) is 0.850. The first-order chi connectivity index (χ1) is 14.0. The van der Waals surface area contributed by atoms with Crippen LogP contribution in [0.4, 0.5) is 10.5 Å². The molecule has 0 saturated carbocycles. The van der Waals surface area contributed by atoms with Crippen LogP contribution in [-0.2, 0) is 6.54 Å². The van der Waals surface area contributed by atoms with Gasteiger partial charge < -0.3 is 15.0 Å². The van der Waals surface area contributed by atoms with Crippen LogP contribution >= 0.6 is 11.6 Å². The Balaban J connectivity index is 1.74. The third-order valence-electron chi connectivity index (χ3n) is 4.69. The number of halogens is 1. The molecule has 0 aromatic heterocycles. The van der Waals surface area contributed by atoms with Crippen LogP contribution in [0.2, 0.25) is 5.02 Å². The number of nitrogens with zero attached hydrogens (tertiary/aromatic N) is 1. The van der Waals surface area contributed by atoms with Crippen LogP contribution in [0.15, 0.2) is 78.9 Å². The van der Waals surface area contributed by atoms with Crippen LogP contribution in [0.3, 0.4) is 0 Å². The van der Waals surface area contributed by atoms with Gasteiger partial charge in [0.1, 0.15) is 11.5 Å². The van der Waals surface area contributed by atoms with Crippen molar-refractivity contribution in [2.24, 2.45) is 0 Å². The number of hydrogen-bond acceptors (Lipinski definition) is 2. The molecule has 0 aliphatic heterocycles. The molecule has 1 atom stereocenters. The van der Waals surface area contributed by atoms with Crippen molar-refractivity contribution in [2.75, 3.05) is 5.32 Å². The van der Waals surface area contributed by atoms with Gasteiger partial charge in [0.05, 0.1) is 0 Å². The highest BCUT2D eigenvalue weighted by Crippen LogP contribution is 2.23. The van der Waals surface area contributed by atoms with E-state index in [1.54, 1.807) is 12.1 Å². The van der Waals surface area contributed by atoms with Crippen molar-refractivity contribution in [3.05, 3.63) is 89.4 Å². The summed E-state index contributed by atoms with van der Waals surface area (Å²) in [6, 6.07) is 24.5. The molecule has 0 bridgehead atoms. The summed E-state index contributed by atoms with van der Waals surface area (Å²) in [7, 11) is 0. The summed E-state index contributed by atoms with van der Waals surface area (Å²) in [5.41, 5.74) is 1.68. The molecule has 1 unspecified atom stereocenters. The Bertz CT molecular complexity index is 946. The fourth-order valence-electron chi connectivity index (χ4n) is 2.94. The number of ether oxygens (including phenoxy) is 1. The van der Waals surface area contributed by atoms with Gasteiger partial charge in [0.15, 0.2) is 0 Å². The fraction of sp³-hybridized carbons (Fsp3) is 0.208. The monoisotopic (exact) mass is 408 g/mol. The summed E-state index contributed by atoms with van der Waals surface area (Å²) in [5, 5.41) is 3.53. The topological polar surface area (TPSA) is 41.6 Å². The van der Waals surface area contributed by atoms with E-state index < -0.39 is 0 Å². The zero-order chi connectivity index (χ0) is 20.6.